The highest BCUT2D eigenvalue weighted by Gasteiger charge is 2.17. The van der Waals surface area contributed by atoms with E-state index < -0.39 is 5.97 Å². The Bertz CT molecular complexity index is 625. The van der Waals surface area contributed by atoms with Gasteiger partial charge in [-0.05, 0) is 12.1 Å². The number of nitrogens with zero attached hydrogens (tertiary/aromatic N) is 2. The molecule has 100 valence electrons. The van der Waals surface area contributed by atoms with Gasteiger partial charge in [0.05, 0.1) is 19.9 Å². The highest BCUT2D eigenvalue weighted by Crippen LogP contribution is 2.26. The molecule has 1 aromatic heterocycles. The Morgan fingerprint density at radius 2 is 2.11 bits per heavy atom. The van der Waals surface area contributed by atoms with Crippen molar-refractivity contribution < 1.29 is 14.3 Å². The molecule has 0 aliphatic heterocycles. The van der Waals surface area contributed by atoms with Crippen LogP contribution in [0.2, 0.25) is 0 Å². The highest BCUT2D eigenvalue weighted by atomic mass is 79.9. The van der Waals surface area contributed by atoms with E-state index in [9.17, 15) is 4.79 Å². The Morgan fingerprint density at radius 3 is 2.74 bits per heavy atom. The molecule has 0 spiro atoms. The van der Waals surface area contributed by atoms with Crippen LogP contribution in [0.1, 0.15) is 10.5 Å². The summed E-state index contributed by atoms with van der Waals surface area (Å²) in [6.45, 7) is 0. The summed E-state index contributed by atoms with van der Waals surface area (Å²) in [4.78, 5) is 15.4. The first-order valence-corrected chi connectivity index (χ1v) is 6.12. The molecule has 1 aromatic carbocycles. The van der Waals surface area contributed by atoms with E-state index in [0.29, 0.717) is 5.75 Å². The molecule has 0 fully saturated rings. The largest absolute Gasteiger partial charge is 0.497 e. The van der Waals surface area contributed by atoms with Gasteiger partial charge < -0.3 is 15.2 Å². The minimum atomic E-state index is -0.571. The summed E-state index contributed by atoms with van der Waals surface area (Å²) in [5.74, 6) is 0.308. The third-order valence-electron chi connectivity index (χ3n) is 2.55. The number of carbonyl (C=O) groups excluding carboxylic acids is 1. The van der Waals surface area contributed by atoms with Crippen molar-refractivity contribution in [2.75, 3.05) is 20.0 Å². The number of rotatable bonds is 3. The maximum Gasteiger partial charge on any atom is 0.360 e. The molecule has 6 nitrogen and oxygen atoms in total. The fourth-order valence-electron chi connectivity index (χ4n) is 1.62. The Balaban J connectivity index is 2.51. The molecule has 0 aliphatic carbocycles. The number of carbonyl (C=O) groups is 1. The molecular formula is C12H12BrN3O3. The first kappa shape index (κ1) is 13.4. The maximum absolute atomic E-state index is 11.5. The van der Waals surface area contributed by atoms with Crippen molar-refractivity contribution in [3.8, 4) is 11.4 Å². The Labute approximate surface area is 118 Å². The number of imidazole rings is 1. The van der Waals surface area contributed by atoms with Gasteiger partial charge in [-0.25, -0.2) is 9.78 Å². The second-order valence-corrected chi connectivity index (χ2v) is 4.60. The van der Waals surface area contributed by atoms with Crippen LogP contribution in [0.3, 0.4) is 0 Å². The van der Waals surface area contributed by atoms with Crippen LogP contribution in [0.5, 0.6) is 5.75 Å². The number of nitrogen functional groups attached to an aromatic ring is 1. The molecule has 19 heavy (non-hydrogen) atoms. The van der Waals surface area contributed by atoms with Crippen molar-refractivity contribution in [2.45, 2.75) is 0 Å². The Kier molecular flexibility index (Phi) is 3.75. The minimum absolute atomic E-state index is 0.0847. The van der Waals surface area contributed by atoms with Gasteiger partial charge >= 0.3 is 5.97 Å². The zero-order valence-electron chi connectivity index (χ0n) is 10.4. The lowest BCUT2D eigenvalue weighted by atomic mass is 10.3. The fourth-order valence-corrected chi connectivity index (χ4v) is 2.08. The quantitative estimate of drug-likeness (QED) is 0.873. The molecular weight excluding hydrogens is 314 g/mol. The van der Waals surface area contributed by atoms with Crippen molar-refractivity contribution >= 4 is 27.7 Å². The molecule has 7 heteroatoms. The third-order valence-corrected chi connectivity index (χ3v) is 3.01. The van der Waals surface area contributed by atoms with Crippen molar-refractivity contribution in [3.05, 3.63) is 34.7 Å². The number of ether oxygens (including phenoxy) is 2. The molecule has 2 rings (SSSR count). The second kappa shape index (κ2) is 5.31. The summed E-state index contributed by atoms with van der Waals surface area (Å²) in [5.41, 5.74) is 6.71. The number of benzene rings is 1. The summed E-state index contributed by atoms with van der Waals surface area (Å²) in [5, 5.41) is 0. The van der Waals surface area contributed by atoms with Crippen molar-refractivity contribution in [1.29, 1.82) is 0 Å². The fraction of sp³-hybridized carbons (Fsp3) is 0.167. The van der Waals surface area contributed by atoms with E-state index in [4.69, 9.17) is 10.5 Å². The lowest BCUT2D eigenvalue weighted by molar-refractivity contribution is 0.0596. The smallest absolute Gasteiger partial charge is 0.360 e. The monoisotopic (exact) mass is 325 g/mol. The lowest BCUT2D eigenvalue weighted by Gasteiger charge is -2.08. The van der Waals surface area contributed by atoms with Crippen molar-refractivity contribution in [1.82, 2.24) is 9.55 Å². The molecule has 0 amide bonds. The Hall–Kier alpha value is -2.02. The number of methoxy groups -OCH3 is 2. The number of esters is 1. The van der Waals surface area contributed by atoms with Gasteiger partial charge in [-0.2, -0.15) is 0 Å². The van der Waals surface area contributed by atoms with E-state index in [1.165, 1.54) is 13.4 Å². The van der Waals surface area contributed by atoms with E-state index in [0.717, 1.165) is 10.2 Å². The second-order valence-electron chi connectivity index (χ2n) is 3.69. The number of aromatic nitrogens is 2. The van der Waals surface area contributed by atoms with Crippen LogP contribution in [0.25, 0.3) is 5.69 Å². The summed E-state index contributed by atoms with van der Waals surface area (Å²) < 4.78 is 12.2. The summed E-state index contributed by atoms with van der Waals surface area (Å²) in [6, 6.07) is 5.43. The molecule has 0 unspecified atom stereocenters. The SMILES string of the molecule is COC(=O)c1ncn(-c2cc(Br)cc(OC)c2)c1N. The third kappa shape index (κ3) is 2.55. The number of hydrogen-bond donors (Lipinski definition) is 1. The molecule has 0 saturated carbocycles. The van der Waals surface area contributed by atoms with Crippen LogP contribution in [0, 0.1) is 0 Å². The zero-order chi connectivity index (χ0) is 14.0. The van der Waals surface area contributed by atoms with E-state index >= 15 is 0 Å². The topological polar surface area (TPSA) is 79.4 Å². The van der Waals surface area contributed by atoms with Crippen LogP contribution >= 0.6 is 15.9 Å². The van der Waals surface area contributed by atoms with Gasteiger partial charge in [0.25, 0.3) is 0 Å². The van der Waals surface area contributed by atoms with Crippen LogP contribution < -0.4 is 10.5 Å². The molecule has 2 N–H and O–H groups in total. The summed E-state index contributed by atoms with van der Waals surface area (Å²) >= 11 is 3.38. The number of nitrogens with two attached hydrogens (primary N) is 1. The van der Waals surface area contributed by atoms with Crippen LogP contribution in [0.4, 0.5) is 5.82 Å². The van der Waals surface area contributed by atoms with Crippen LogP contribution in [-0.4, -0.2) is 29.7 Å². The van der Waals surface area contributed by atoms with E-state index in [2.05, 4.69) is 25.7 Å². The van der Waals surface area contributed by atoms with Crippen molar-refractivity contribution in [3.63, 3.8) is 0 Å². The first-order chi connectivity index (χ1) is 9.06. The van der Waals surface area contributed by atoms with Crippen LogP contribution in [0.15, 0.2) is 29.0 Å². The molecule has 0 atom stereocenters. The normalized spacial score (nSPS) is 10.3. The van der Waals surface area contributed by atoms with E-state index in [1.54, 1.807) is 17.7 Å². The maximum atomic E-state index is 11.5. The molecule has 0 bridgehead atoms. The highest BCUT2D eigenvalue weighted by molar-refractivity contribution is 9.10. The molecule has 0 aliphatic rings. The molecule has 0 radical (unpaired) electrons. The van der Waals surface area contributed by atoms with Gasteiger partial charge in [0.15, 0.2) is 5.69 Å². The van der Waals surface area contributed by atoms with Crippen LogP contribution in [-0.2, 0) is 4.74 Å². The predicted molar refractivity (Wildman–Crippen MR) is 73.6 cm³/mol. The standard InChI is InChI=1S/C12H12BrN3O3/c1-18-9-4-7(13)3-8(5-9)16-6-15-10(11(16)14)12(17)19-2/h3-6H,14H2,1-2H3. The van der Waals surface area contributed by atoms with Gasteiger partial charge in [-0.1, -0.05) is 15.9 Å². The van der Waals surface area contributed by atoms with Gasteiger partial charge in [0, 0.05) is 10.5 Å². The van der Waals surface area contributed by atoms with E-state index in [1.807, 2.05) is 12.1 Å². The van der Waals surface area contributed by atoms with Gasteiger partial charge in [-0.15, -0.1) is 0 Å². The minimum Gasteiger partial charge on any atom is -0.497 e. The number of hydrogen-bond acceptors (Lipinski definition) is 5. The first-order valence-electron chi connectivity index (χ1n) is 5.33. The molecule has 1 heterocycles. The summed E-state index contributed by atoms with van der Waals surface area (Å²) in [7, 11) is 2.85. The number of halogens is 1. The average molecular weight is 326 g/mol. The predicted octanol–water partition coefficient (Wildman–Crippen LogP) is 2.01. The number of anilines is 1. The zero-order valence-corrected chi connectivity index (χ0v) is 12.0. The lowest BCUT2D eigenvalue weighted by Crippen LogP contribution is -2.07. The van der Waals surface area contributed by atoms with E-state index in [-0.39, 0.29) is 11.5 Å². The van der Waals surface area contributed by atoms with Gasteiger partial charge in [0.2, 0.25) is 0 Å². The Morgan fingerprint density at radius 1 is 1.37 bits per heavy atom. The van der Waals surface area contributed by atoms with Gasteiger partial charge in [-0.3, -0.25) is 4.57 Å². The van der Waals surface area contributed by atoms with Crippen molar-refractivity contribution in [2.24, 2.45) is 0 Å². The molecule has 0 saturated heterocycles. The van der Waals surface area contributed by atoms with Gasteiger partial charge in [0.1, 0.15) is 17.9 Å². The average Bonchev–Trinajstić information content (AvgIpc) is 2.79. The molecule has 2 aromatic rings. The summed E-state index contributed by atoms with van der Waals surface area (Å²) in [6.07, 6.45) is 1.46.